The molecule has 0 bridgehead atoms. The first-order valence-electron chi connectivity index (χ1n) is 9.62. The molecule has 1 atom stereocenters. The van der Waals surface area contributed by atoms with Crippen molar-refractivity contribution < 1.29 is 28.5 Å². The van der Waals surface area contributed by atoms with Crippen LogP contribution < -0.4 is 14.2 Å². The second-order valence-electron chi connectivity index (χ2n) is 6.61. The number of hydrogen-bond acceptors (Lipinski definition) is 6. The SMILES string of the molecule is COC(=O)/C=C/c1ccc(OCc2ccc(OC3CCCCO3)cc2)c(OC)c1. The van der Waals surface area contributed by atoms with E-state index in [1.165, 1.54) is 13.2 Å². The van der Waals surface area contributed by atoms with Gasteiger partial charge < -0.3 is 23.7 Å². The summed E-state index contributed by atoms with van der Waals surface area (Å²) in [4.78, 5) is 11.2. The number of carbonyl (C=O) groups excluding carboxylic acids is 1. The summed E-state index contributed by atoms with van der Waals surface area (Å²) in [6.45, 7) is 1.16. The van der Waals surface area contributed by atoms with E-state index in [2.05, 4.69) is 4.74 Å². The van der Waals surface area contributed by atoms with E-state index in [1.54, 1.807) is 19.3 Å². The van der Waals surface area contributed by atoms with Crippen LogP contribution in [0.1, 0.15) is 30.4 Å². The minimum Gasteiger partial charge on any atom is -0.493 e. The molecule has 0 amide bonds. The zero-order chi connectivity index (χ0) is 20.5. The highest BCUT2D eigenvalue weighted by Crippen LogP contribution is 2.29. The first kappa shape index (κ1) is 20.7. The molecule has 2 aromatic carbocycles. The molecule has 1 saturated heterocycles. The fourth-order valence-electron chi connectivity index (χ4n) is 2.92. The molecule has 154 valence electrons. The van der Waals surface area contributed by atoms with Gasteiger partial charge in [0.05, 0.1) is 20.8 Å². The van der Waals surface area contributed by atoms with Gasteiger partial charge in [0.15, 0.2) is 17.8 Å². The summed E-state index contributed by atoms with van der Waals surface area (Å²) in [7, 11) is 2.92. The van der Waals surface area contributed by atoms with Crippen LogP contribution in [-0.4, -0.2) is 33.1 Å². The van der Waals surface area contributed by atoms with Gasteiger partial charge in [-0.3, -0.25) is 0 Å². The summed E-state index contributed by atoms with van der Waals surface area (Å²) >= 11 is 0. The average molecular weight is 398 g/mol. The molecule has 0 aliphatic carbocycles. The third-order valence-corrected chi connectivity index (χ3v) is 4.52. The van der Waals surface area contributed by atoms with Gasteiger partial charge >= 0.3 is 5.97 Å². The van der Waals surface area contributed by atoms with Crippen molar-refractivity contribution in [3.8, 4) is 17.2 Å². The molecule has 1 unspecified atom stereocenters. The van der Waals surface area contributed by atoms with Crippen LogP contribution in [0.15, 0.2) is 48.5 Å². The lowest BCUT2D eigenvalue weighted by Crippen LogP contribution is -2.24. The maximum atomic E-state index is 11.2. The fourth-order valence-corrected chi connectivity index (χ4v) is 2.92. The van der Waals surface area contributed by atoms with Gasteiger partial charge in [0.1, 0.15) is 12.4 Å². The van der Waals surface area contributed by atoms with Crippen LogP contribution in [0, 0.1) is 0 Å². The summed E-state index contributed by atoms with van der Waals surface area (Å²) in [6.07, 6.45) is 6.03. The average Bonchev–Trinajstić information content (AvgIpc) is 2.78. The molecular weight excluding hydrogens is 372 g/mol. The highest BCUT2D eigenvalue weighted by atomic mass is 16.7. The van der Waals surface area contributed by atoms with Gasteiger partial charge in [-0.25, -0.2) is 4.79 Å². The Kier molecular flexibility index (Phi) is 7.53. The maximum Gasteiger partial charge on any atom is 0.330 e. The summed E-state index contributed by atoms with van der Waals surface area (Å²) in [6, 6.07) is 13.3. The highest BCUT2D eigenvalue weighted by Gasteiger charge is 2.15. The Hall–Kier alpha value is -2.99. The van der Waals surface area contributed by atoms with Crippen molar-refractivity contribution in [3.05, 3.63) is 59.7 Å². The molecule has 0 aromatic heterocycles. The fraction of sp³-hybridized carbons (Fsp3) is 0.348. The van der Waals surface area contributed by atoms with Gasteiger partial charge in [-0.2, -0.15) is 0 Å². The van der Waals surface area contributed by atoms with Gasteiger partial charge in [0.25, 0.3) is 0 Å². The van der Waals surface area contributed by atoms with Crippen molar-refractivity contribution in [2.45, 2.75) is 32.2 Å². The highest BCUT2D eigenvalue weighted by molar-refractivity contribution is 5.87. The number of esters is 1. The van der Waals surface area contributed by atoms with Crippen LogP contribution in [0.2, 0.25) is 0 Å². The quantitative estimate of drug-likeness (QED) is 0.486. The van der Waals surface area contributed by atoms with Crippen molar-refractivity contribution in [2.24, 2.45) is 0 Å². The van der Waals surface area contributed by atoms with Crippen molar-refractivity contribution in [1.82, 2.24) is 0 Å². The number of hydrogen-bond donors (Lipinski definition) is 0. The Labute approximate surface area is 171 Å². The summed E-state index contributed by atoms with van der Waals surface area (Å²) in [5.74, 6) is 1.59. The molecule has 1 aliphatic heterocycles. The van der Waals surface area contributed by atoms with Crippen molar-refractivity contribution >= 4 is 12.0 Å². The third kappa shape index (κ3) is 6.26. The number of rotatable bonds is 8. The van der Waals surface area contributed by atoms with Crippen molar-refractivity contribution in [3.63, 3.8) is 0 Å². The standard InChI is InChI=1S/C23H26O6/c1-25-21-15-17(9-13-22(24)26-2)8-12-20(21)28-16-18-6-10-19(11-7-18)29-23-5-3-4-14-27-23/h6-13,15,23H,3-5,14,16H2,1-2H3/b13-9+. The summed E-state index contributed by atoms with van der Waals surface area (Å²) < 4.78 is 27.3. The summed E-state index contributed by atoms with van der Waals surface area (Å²) in [5, 5.41) is 0. The lowest BCUT2D eigenvalue weighted by molar-refractivity contribution is -0.134. The second kappa shape index (κ2) is 10.5. The number of carbonyl (C=O) groups is 1. The van der Waals surface area contributed by atoms with Gasteiger partial charge in [-0.05, 0) is 54.3 Å². The topological polar surface area (TPSA) is 63.2 Å². The lowest BCUT2D eigenvalue weighted by Gasteiger charge is -2.23. The Morgan fingerprint density at radius 3 is 2.62 bits per heavy atom. The second-order valence-corrected chi connectivity index (χ2v) is 6.61. The van der Waals surface area contributed by atoms with Gasteiger partial charge in [-0.1, -0.05) is 18.2 Å². The predicted octanol–water partition coefficient (Wildman–Crippen LogP) is 4.37. The molecular formula is C23H26O6. The van der Waals surface area contributed by atoms with E-state index >= 15 is 0 Å². The lowest BCUT2D eigenvalue weighted by atomic mass is 10.2. The first-order valence-corrected chi connectivity index (χ1v) is 9.62. The molecule has 29 heavy (non-hydrogen) atoms. The monoisotopic (exact) mass is 398 g/mol. The molecule has 0 spiro atoms. The Bertz CT molecular complexity index is 822. The molecule has 6 nitrogen and oxygen atoms in total. The molecule has 6 heteroatoms. The predicted molar refractivity (Wildman–Crippen MR) is 109 cm³/mol. The molecule has 0 radical (unpaired) electrons. The summed E-state index contributed by atoms with van der Waals surface area (Å²) in [5.41, 5.74) is 1.82. The molecule has 1 aliphatic rings. The molecule has 1 fully saturated rings. The smallest absolute Gasteiger partial charge is 0.330 e. The molecule has 0 saturated carbocycles. The van der Waals surface area contributed by atoms with E-state index in [9.17, 15) is 4.79 Å². The van der Waals surface area contributed by atoms with Crippen molar-refractivity contribution in [1.29, 1.82) is 0 Å². The van der Waals surface area contributed by atoms with Crippen LogP contribution in [0.5, 0.6) is 17.2 Å². The minimum absolute atomic E-state index is 0.151. The largest absolute Gasteiger partial charge is 0.493 e. The zero-order valence-corrected chi connectivity index (χ0v) is 16.8. The van der Waals surface area contributed by atoms with Gasteiger partial charge in [-0.15, -0.1) is 0 Å². The third-order valence-electron chi connectivity index (χ3n) is 4.52. The Morgan fingerprint density at radius 1 is 1.10 bits per heavy atom. The van der Waals surface area contributed by atoms with Crippen LogP contribution in [-0.2, 0) is 20.9 Å². The van der Waals surface area contributed by atoms with E-state index in [1.807, 2.05) is 36.4 Å². The number of benzene rings is 2. The maximum absolute atomic E-state index is 11.2. The number of methoxy groups -OCH3 is 2. The van der Waals surface area contributed by atoms with Gasteiger partial charge in [0.2, 0.25) is 0 Å². The first-order chi connectivity index (χ1) is 14.2. The molecule has 3 rings (SSSR count). The van der Waals surface area contributed by atoms with Crippen LogP contribution >= 0.6 is 0 Å². The number of ether oxygens (including phenoxy) is 5. The molecule has 0 N–H and O–H groups in total. The van der Waals surface area contributed by atoms with Crippen LogP contribution in [0.4, 0.5) is 0 Å². The molecule has 1 heterocycles. The zero-order valence-electron chi connectivity index (χ0n) is 16.8. The van der Waals surface area contributed by atoms with E-state index in [0.29, 0.717) is 18.1 Å². The Balaban J connectivity index is 1.57. The van der Waals surface area contributed by atoms with E-state index in [0.717, 1.165) is 42.7 Å². The van der Waals surface area contributed by atoms with Crippen LogP contribution in [0.3, 0.4) is 0 Å². The Morgan fingerprint density at radius 2 is 1.93 bits per heavy atom. The minimum atomic E-state index is -0.410. The van der Waals surface area contributed by atoms with Crippen molar-refractivity contribution in [2.75, 3.05) is 20.8 Å². The molecule has 2 aromatic rings. The van der Waals surface area contributed by atoms with E-state index in [-0.39, 0.29) is 6.29 Å². The van der Waals surface area contributed by atoms with E-state index < -0.39 is 5.97 Å². The van der Waals surface area contributed by atoms with Crippen LogP contribution in [0.25, 0.3) is 6.08 Å². The normalized spacial score (nSPS) is 16.4. The van der Waals surface area contributed by atoms with Gasteiger partial charge in [0, 0.05) is 12.5 Å². The van der Waals surface area contributed by atoms with E-state index in [4.69, 9.17) is 18.9 Å².